The van der Waals surface area contributed by atoms with E-state index in [1.807, 2.05) is 0 Å². The van der Waals surface area contributed by atoms with Crippen LogP contribution >= 0.6 is 0 Å². The summed E-state index contributed by atoms with van der Waals surface area (Å²) in [5.74, 6) is -2.32. The van der Waals surface area contributed by atoms with Gasteiger partial charge in [-0.05, 0) is 24.3 Å². The van der Waals surface area contributed by atoms with Gasteiger partial charge in [-0.25, -0.2) is 4.79 Å². The van der Waals surface area contributed by atoms with E-state index in [1.54, 1.807) is 0 Å². The molecular weight excluding hydrogens is 343 g/mol. The van der Waals surface area contributed by atoms with Gasteiger partial charge in [-0.3, -0.25) is 4.79 Å². The minimum absolute atomic E-state index is 0.0490. The first-order valence-corrected chi connectivity index (χ1v) is 6.92. The number of furan rings is 1. The molecule has 0 fully saturated rings. The lowest BCUT2D eigenvalue weighted by Gasteiger charge is -2.28. The fraction of sp³-hybridized carbons (Fsp3) is 0.250. The third kappa shape index (κ3) is 3.22. The van der Waals surface area contributed by atoms with E-state index < -0.39 is 29.2 Å². The molecule has 1 heterocycles. The lowest BCUT2D eigenvalue weighted by Crippen LogP contribution is -2.49. The van der Waals surface area contributed by atoms with Crippen molar-refractivity contribution in [3.8, 4) is 0 Å². The molecule has 0 saturated heterocycles. The number of hydrogen-bond acceptors (Lipinski definition) is 5. The molecule has 0 saturated carbocycles. The van der Waals surface area contributed by atoms with Crippen molar-refractivity contribution in [2.24, 2.45) is 0 Å². The molecule has 2 rings (SSSR count). The number of esters is 1. The smallest absolute Gasteiger partial charge is 0.432 e. The number of aliphatic hydroxyl groups is 1. The monoisotopic (exact) mass is 357 g/mol. The van der Waals surface area contributed by atoms with Crippen LogP contribution in [0.2, 0.25) is 0 Å². The number of methoxy groups -OCH3 is 1. The zero-order valence-corrected chi connectivity index (χ0v) is 13.2. The Kier molecular flexibility index (Phi) is 4.89. The zero-order valence-electron chi connectivity index (χ0n) is 13.2. The summed E-state index contributed by atoms with van der Waals surface area (Å²) in [5.41, 5.74) is -4.29. The highest BCUT2D eigenvalue weighted by Crippen LogP contribution is 2.40. The van der Waals surface area contributed by atoms with E-state index in [0.29, 0.717) is 0 Å². The fourth-order valence-corrected chi connectivity index (χ4v) is 2.15. The summed E-state index contributed by atoms with van der Waals surface area (Å²) in [6.45, 7) is 0. The Morgan fingerprint density at radius 3 is 2.20 bits per heavy atom. The van der Waals surface area contributed by atoms with Gasteiger partial charge in [0.25, 0.3) is 11.5 Å². The molecule has 134 valence electrons. The number of hydrogen-bond donors (Lipinski definition) is 1. The van der Waals surface area contributed by atoms with E-state index in [9.17, 15) is 27.9 Å². The third-order valence-electron chi connectivity index (χ3n) is 3.60. The largest absolute Gasteiger partial charge is 0.466 e. The van der Waals surface area contributed by atoms with Crippen molar-refractivity contribution >= 4 is 17.6 Å². The molecule has 0 spiro atoms. The first-order valence-electron chi connectivity index (χ1n) is 6.92. The van der Waals surface area contributed by atoms with Gasteiger partial charge in [0.15, 0.2) is 5.76 Å². The van der Waals surface area contributed by atoms with E-state index in [-0.39, 0.29) is 11.4 Å². The standard InChI is InChI=1S/C16H14F3NO5/c1-20(13(21)12-4-3-9-25-12)11-7-5-10(6-8-11)15(23,14(22)24-2)16(17,18)19/h3-9,23H,1-2H3/t15-/m0/s1. The average molecular weight is 357 g/mol. The van der Waals surface area contributed by atoms with Gasteiger partial charge in [0, 0.05) is 18.3 Å². The number of halogens is 3. The predicted molar refractivity (Wildman–Crippen MR) is 79.9 cm³/mol. The topological polar surface area (TPSA) is 80.0 Å². The summed E-state index contributed by atoms with van der Waals surface area (Å²) in [6.07, 6.45) is -3.97. The zero-order chi connectivity index (χ0) is 18.8. The number of ether oxygens (including phenoxy) is 1. The summed E-state index contributed by atoms with van der Waals surface area (Å²) >= 11 is 0. The number of alkyl halides is 3. The molecule has 0 aliphatic carbocycles. The summed E-state index contributed by atoms with van der Waals surface area (Å²) < 4.78 is 48.6. The summed E-state index contributed by atoms with van der Waals surface area (Å²) in [7, 11) is 2.14. The number of nitrogens with zero attached hydrogens (tertiary/aromatic N) is 1. The van der Waals surface area contributed by atoms with E-state index in [2.05, 4.69) is 4.74 Å². The van der Waals surface area contributed by atoms with Crippen molar-refractivity contribution in [1.29, 1.82) is 0 Å². The second kappa shape index (κ2) is 6.60. The molecule has 1 amide bonds. The summed E-state index contributed by atoms with van der Waals surface area (Å²) in [6, 6.07) is 7.07. The molecule has 0 radical (unpaired) electrons. The van der Waals surface area contributed by atoms with Gasteiger partial charge in [0.2, 0.25) is 0 Å². The molecule has 1 N–H and O–H groups in total. The maximum atomic E-state index is 13.2. The molecule has 0 aliphatic heterocycles. The normalized spacial score (nSPS) is 13.8. The molecular formula is C16H14F3NO5. The Hall–Kier alpha value is -2.81. The van der Waals surface area contributed by atoms with Gasteiger partial charge in [0.1, 0.15) is 0 Å². The van der Waals surface area contributed by atoms with Gasteiger partial charge in [-0.15, -0.1) is 0 Å². The average Bonchev–Trinajstić information content (AvgIpc) is 3.12. The van der Waals surface area contributed by atoms with Crippen LogP contribution in [0.4, 0.5) is 18.9 Å². The number of carbonyl (C=O) groups excluding carboxylic acids is 2. The Morgan fingerprint density at radius 1 is 1.16 bits per heavy atom. The molecule has 25 heavy (non-hydrogen) atoms. The van der Waals surface area contributed by atoms with Crippen LogP contribution in [0.3, 0.4) is 0 Å². The Bertz CT molecular complexity index is 755. The van der Waals surface area contributed by atoms with Crippen LogP contribution in [0.15, 0.2) is 47.1 Å². The highest BCUT2D eigenvalue weighted by Gasteiger charge is 2.62. The second-order valence-electron chi connectivity index (χ2n) is 5.09. The minimum Gasteiger partial charge on any atom is -0.466 e. The third-order valence-corrected chi connectivity index (χ3v) is 3.60. The maximum absolute atomic E-state index is 13.2. The number of carbonyl (C=O) groups is 2. The van der Waals surface area contributed by atoms with Crippen LogP contribution in [0.25, 0.3) is 0 Å². The SMILES string of the molecule is COC(=O)[C@@](O)(c1ccc(N(C)C(=O)c2ccco2)cc1)C(F)(F)F. The quantitative estimate of drug-likeness (QED) is 0.851. The lowest BCUT2D eigenvalue weighted by atomic mass is 9.93. The van der Waals surface area contributed by atoms with Gasteiger partial charge in [0.05, 0.1) is 13.4 Å². The maximum Gasteiger partial charge on any atom is 0.432 e. The Labute approximate surface area is 140 Å². The molecule has 0 bridgehead atoms. The molecule has 1 atom stereocenters. The van der Waals surface area contributed by atoms with E-state index in [0.717, 1.165) is 36.3 Å². The van der Waals surface area contributed by atoms with Crippen LogP contribution in [-0.2, 0) is 15.1 Å². The van der Waals surface area contributed by atoms with E-state index in [1.165, 1.54) is 25.4 Å². The van der Waals surface area contributed by atoms with Crippen LogP contribution in [0.5, 0.6) is 0 Å². The molecule has 1 aromatic carbocycles. The second-order valence-corrected chi connectivity index (χ2v) is 5.09. The van der Waals surface area contributed by atoms with Crippen molar-refractivity contribution in [2.45, 2.75) is 11.8 Å². The van der Waals surface area contributed by atoms with Crippen molar-refractivity contribution in [3.05, 3.63) is 54.0 Å². The molecule has 9 heteroatoms. The van der Waals surface area contributed by atoms with Crippen LogP contribution < -0.4 is 4.90 Å². The molecule has 0 unspecified atom stereocenters. The molecule has 2 aromatic rings. The van der Waals surface area contributed by atoms with Crippen LogP contribution in [-0.4, -0.2) is 37.3 Å². The van der Waals surface area contributed by atoms with Gasteiger partial charge in [-0.2, -0.15) is 13.2 Å². The van der Waals surface area contributed by atoms with Gasteiger partial charge in [-0.1, -0.05) is 12.1 Å². The summed E-state index contributed by atoms with van der Waals surface area (Å²) in [4.78, 5) is 24.8. The fourth-order valence-electron chi connectivity index (χ4n) is 2.15. The number of rotatable bonds is 4. The number of amides is 1. The highest BCUT2D eigenvalue weighted by atomic mass is 19.4. The predicted octanol–water partition coefficient (Wildman–Crippen LogP) is 2.48. The van der Waals surface area contributed by atoms with Gasteiger partial charge >= 0.3 is 12.1 Å². The molecule has 6 nitrogen and oxygen atoms in total. The number of benzene rings is 1. The first kappa shape index (κ1) is 18.5. The Balaban J connectivity index is 2.35. The first-order chi connectivity index (χ1) is 11.6. The minimum atomic E-state index is -5.28. The van der Waals surface area contributed by atoms with Crippen molar-refractivity contribution in [3.63, 3.8) is 0 Å². The highest BCUT2D eigenvalue weighted by molar-refractivity contribution is 6.03. The van der Waals surface area contributed by atoms with E-state index >= 15 is 0 Å². The van der Waals surface area contributed by atoms with Crippen LogP contribution in [0.1, 0.15) is 16.1 Å². The number of anilines is 1. The summed E-state index contributed by atoms with van der Waals surface area (Å²) in [5, 5.41) is 9.88. The van der Waals surface area contributed by atoms with Crippen LogP contribution in [0, 0.1) is 0 Å². The molecule has 1 aromatic heterocycles. The van der Waals surface area contributed by atoms with Crippen molar-refractivity contribution < 1.29 is 37.0 Å². The molecule has 0 aliphatic rings. The van der Waals surface area contributed by atoms with E-state index in [4.69, 9.17) is 4.42 Å². The van der Waals surface area contributed by atoms with Crippen molar-refractivity contribution in [1.82, 2.24) is 0 Å². The van der Waals surface area contributed by atoms with Crippen molar-refractivity contribution in [2.75, 3.05) is 19.1 Å². The van der Waals surface area contributed by atoms with Gasteiger partial charge < -0.3 is 19.2 Å². The Morgan fingerprint density at radius 2 is 1.76 bits per heavy atom. The lowest BCUT2D eigenvalue weighted by molar-refractivity contribution is -0.266.